The molecule has 1 aliphatic heterocycles. The van der Waals surface area contributed by atoms with E-state index in [0.717, 1.165) is 33.4 Å². The second-order valence-corrected chi connectivity index (χ2v) is 9.10. The number of anilines is 1. The molecule has 3 nitrogen and oxygen atoms in total. The number of carbonyl (C=O) groups excluding carboxylic acids is 1. The zero-order valence-electron chi connectivity index (χ0n) is 18.5. The predicted octanol–water partition coefficient (Wildman–Crippen LogP) is 7.70. The highest BCUT2D eigenvalue weighted by molar-refractivity contribution is 9.10. The zero-order chi connectivity index (χ0) is 23.3. The first-order chi connectivity index (χ1) is 16.7. The van der Waals surface area contributed by atoms with Gasteiger partial charge in [0.25, 0.3) is 0 Å². The molecule has 0 bridgehead atoms. The lowest BCUT2D eigenvalue weighted by atomic mass is 9.97. The molecule has 4 aromatic rings. The predicted molar refractivity (Wildman–Crippen MR) is 143 cm³/mol. The summed E-state index contributed by atoms with van der Waals surface area (Å²) in [6.07, 6.45) is 4.30. The molecule has 1 heterocycles. The number of nitrogens with zero attached hydrogens (tertiary/aromatic N) is 2. The standard InChI is InChI=1S/C30H23BrN2O/c31-26-18-16-25(17-19-26)30(34)20-13-22-11-14-23(15-12-22)28-21-29(24-7-3-1-4-8-24)33(32-28)27-9-5-2-6-10-27/h1-20,29H,21H2/b20-13+/t29-/m1/s1. The number of ketones is 1. The average Bonchev–Trinajstić information content (AvgIpc) is 3.35. The van der Waals surface area contributed by atoms with Crippen molar-refractivity contribution in [3.05, 3.63) is 142 Å². The van der Waals surface area contributed by atoms with Crippen molar-refractivity contribution in [2.75, 3.05) is 5.01 Å². The molecule has 0 aliphatic carbocycles. The monoisotopic (exact) mass is 506 g/mol. The maximum Gasteiger partial charge on any atom is 0.185 e. The van der Waals surface area contributed by atoms with Gasteiger partial charge in [0.15, 0.2) is 5.78 Å². The molecular weight excluding hydrogens is 484 g/mol. The van der Waals surface area contributed by atoms with Crippen LogP contribution in [0.1, 0.15) is 39.5 Å². The molecule has 0 saturated heterocycles. The zero-order valence-corrected chi connectivity index (χ0v) is 20.1. The van der Waals surface area contributed by atoms with E-state index in [1.54, 1.807) is 6.08 Å². The van der Waals surface area contributed by atoms with E-state index < -0.39 is 0 Å². The minimum absolute atomic E-state index is 0.0130. The van der Waals surface area contributed by atoms with Crippen molar-refractivity contribution >= 4 is 39.2 Å². The van der Waals surface area contributed by atoms with E-state index >= 15 is 0 Å². The van der Waals surface area contributed by atoms with Crippen LogP contribution in [0.25, 0.3) is 6.08 Å². The SMILES string of the molecule is O=C(/C=C/c1ccc(C2=NN(c3ccccc3)[C@@H](c3ccccc3)C2)cc1)c1ccc(Br)cc1. The van der Waals surface area contributed by atoms with Crippen molar-refractivity contribution < 1.29 is 4.79 Å². The lowest BCUT2D eigenvalue weighted by Gasteiger charge is -2.23. The van der Waals surface area contributed by atoms with Crippen molar-refractivity contribution in [2.24, 2.45) is 5.10 Å². The third-order valence-corrected chi connectivity index (χ3v) is 6.44. The van der Waals surface area contributed by atoms with Crippen LogP contribution in [-0.4, -0.2) is 11.5 Å². The molecule has 0 fully saturated rings. The first-order valence-corrected chi connectivity index (χ1v) is 12.0. The van der Waals surface area contributed by atoms with E-state index in [-0.39, 0.29) is 11.8 Å². The largest absolute Gasteiger partial charge is 0.289 e. The first kappa shape index (κ1) is 22.1. The molecule has 0 N–H and O–H groups in total. The minimum atomic E-state index is -0.0130. The molecule has 0 aromatic heterocycles. The van der Waals surface area contributed by atoms with E-state index in [2.05, 4.69) is 69.5 Å². The van der Waals surface area contributed by atoms with Gasteiger partial charge in [0.05, 0.1) is 17.4 Å². The van der Waals surface area contributed by atoms with Crippen LogP contribution >= 0.6 is 15.9 Å². The summed E-state index contributed by atoms with van der Waals surface area (Å²) in [6, 6.07) is 36.6. The molecule has 5 rings (SSSR count). The lowest BCUT2D eigenvalue weighted by Crippen LogP contribution is -2.18. The van der Waals surface area contributed by atoms with E-state index in [9.17, 15) is 4.79 Å². The Morgan fingerprint density at radius 2 is 1.47 bits per heavy atom. The van der Waals surface area contributed by atoms with Gasteiger partial charge in [-0.15, -0.1) is 0 Å². The van der Waals surface area contributed by atoms with E-state index in [1.165, 1.54) is 5.56 Å². The summed E-state index contributed by atoms with van der Waals surface area (Å²) >= 11 is 3.40. The Balaban J connectivity index is 1.36. The smallest absolute Gasteiger partial charge is 0.185 e. The van der Waals surface area contributed by atoms with Crippen LogP contribution in [0.3, 0.4) is 0 Å². The third-order valence-electron chi connectivity index (χ3n) is 5.92. The van der Waals surface area contributed by atoms with E-state index in [4.69, 9.17) is 5.10 Å². The second-order valence-electron chi connectivity index (χ2n) is 8.18. The molecule has 1 aliphatic rings. The van der Waals surface area contributed by atoms with Crippen LogP contribution in [-0.2, 0) is 0 Å². The van der Waals surface area contributed by atoms with Gasteiger partial charge in [0.2, 0.25) is 0 Å². The number of para-hydroxylation sites is 1. The van der Waals surface area contributed by atoms with E-state index in [0.29, 0.717) is 5.56 Å². The average molecular weight is 507 g/mol. The number of hydrogen-bond donors (Lipinski definition) is 0. The normalized spacial score (nSPS) is 15.5. The summed E-state index contributed by atoms with van der Waals surface area (Å²) in [7, 11) is 0. The molecular formula is C30H23BrN2O. The molecule has 0 spiro atoms. The quantitative estimate of drug-likeness (QED) is 0.198. The number of carbonyl (C=O) groups is 1. The summed E-state index contributed by atoms with van der Waals surface area (Å²) < 4.78 is 0.957. The first-order valence-electron chi connectivity index (χ1n) is 11.2. The molecule has 0 amide bonds. The molecule has 0 unspecified atom stereocenters. The highest BCUT2D eigenvalue weighted by atomic mass is 79.9. The van der Waals surface area contributed by atoms with Gasteiger partial charge in [-0.1, -0.05) is 94.8 Å². The summed E-state index contributed by atoms with van der Waals surface area (Å²) in [5.41, 5.74) is 6.13. The van der Waals surface area contributed by atoms with Gasteiger partial charge in [-0.3, -0.25) is 9.80 Å². The Morgan fingerprint density at radius 3 is 2.15 bits per heavy atom. The molecule has 0 saturated carbocycles. The molecule has 34 heavy (non-hydrogen) atoms. The Labute approximate surface area is 208 Å². The number of rotatable bonds is 6. The van der Waals surface area contributed by atoms with Gasteiger partial charge >= 0.3 is 0 Å². The molecule has 0 radical (unpaired) electrons. The Kier molecular flexibility index (Phi) is 6.50. The van der Waals surface area contributed by atoms with Crippen molar-refractivity contribution in [1.82, 2.24) is 0 Å². The number of halogens is 1. The van der Waals surface area contributed by atoms with Gasteiger partial charge in [-0.25, -0.2) is 0 Å². The number of benzene rings is 4. The van der Waals surface area contributed by atoms with Gasteiger partial charge in [-0.05, 0) is 59.2 Å². The summed E-state index contributed by atoms with van der Waals surface area (Å²) in [6.45, 7) is 0. The van der Waals surface area contributed by atoms with E-state index in [1.807, 2.05) is 66.7 Å². The van der Waals surface area contributed by atoms with Crippen LogP contribution in [0.15, 0.2) is 125 Å². The Morgan fingerprint density at radius 1 is 0.824 bits per heavy atom. The van der Waals surface area contributed by atoms with Gasteiger partial charge < -0.3 is 0 Å². The highest BCUT2D eigenvalue weighted by Crippen LogP contribution is 2.36. The Bertz CT molecular complexity index is 1330. The molecule has 166 valence electrons. The fourth-order valence-corrected chi connectivity index (χ4v) is 4.37. The minimum Gasteiger partial charge on any atom is -0.289 e. The van der Waals surface area contributed by atoms with Crippen LogP contribution < -0.4 is 5.01 Å². The highest BCUT2D eigenvalue weighted by Gasteiger charge is 2.29. The fraction of sp³-hybridized carbons (Fsp3) is 0.0667. The summed E-state index contributed by atoms with van der Waals surface area (Å²) in [4.78, 5) is 12.4. The van der Waals surface area contributed by atoms with Crippen molar-refractivity contribution in [3.63, 3.8) is 0 Å². The maximum atomic E-state index is 12.4. The summed E-state index contributed by atoms with van der Waals surface area (Å²) in [5.74, 6) is -0.0130. The maximum absolute atomic E-state index is 12.4. The topological polar surface area (TPSA) is 32.7 Å². The van der Waals surface area contributed by atoms with Gasteiger partial charge in [0.1, 0.15) is 0 Å². The molecule has 1 atom stereocenters. The number of allylic oxidation sites excluding steroid dienone is 1. The van der Waals surface area contributed by atoms with Crippen molar-refractivity contribution in [1.29, 1.82) is 0 Å². The summed E-state index contributed by atoms with van der Waals surface area (Å²) in [5, 5.41) is 7.13. The third kappa shape index (κ3) is 4.92. The van der Waals surface area contributed by atoms with Crippen LogP contribution in [0.4, 0.5) is 5.69 Å². The van der Waals surface area contributed by atoms with Crippen LogP contribution in [0.2, 0.25) is 0 Å². The van der Waals surface area contributed by atoms with Crippen molar-refractivity contribution in [2.45, 2.75) is 12.5 Å². The Hall–Kier alpha value is -3.76. The van der Waals surface area contributed by atoms with Gasteiger partial charge in [0, 0.05) is 16.5 Å². The number of hydrazone groups is 1. The number of hydrogen-bond acceptors (Lipinski definition) is 3. The van der Waals surface area contributed by atoms with Gasteiger partial charge in [-0.2, -0.15) is 5.10 Å². The second kappa shape index (κ2) is 10.0. The van der Waals surface area contributed by atoms with Crippen LogP contribution in [0.5, 0.6) is 0 Å². The lowest BCUT2D eigenvalue weighted by molar-refractivity contribution is 0.104. The molecule has 4 heteroatoms. The van der Waals surface area contributed by atoms with Crippen LogP contribution in [0, 0.1) is 0 Å². The fourth-order valence-electron chi connectivity index (χ4n) is 4.11. The van der Waals surface area contributed by atoms with Crippen molar-refractivity contribution in [3.8, 4) is 0 Å². The molecule has 4 aromatic carbocycles.